The maximum Gasteiger partial charge on any atom is 0.335 e. The molecular weight excluding hydrogens is 216 g/mol. The summed E-state index contributed by atoms with van der Waals surface area (Å²) in [4.78, 5) is 10.8. The summed E-state index contributed by atoms with van der Waals surface area (Å²) in [6.07, 6.45) is 1.95. The van der Waals surface area contributed by atoms with Gasteiger partial charge in [0, 0.05) is 25.7 Å². The van der Waals surface area contributed by atoms with Crippen LogP contribution in [0.25, 0.3) is 0 Å². The van der Waals surface area contributed by atoms with E-state index >= 15 is 0 Å². The molecule has 1 saturated heterocycles. The number of nitrogens with one attached hydrogen (secondary N) is 2. The van der Waals surface area contributed by atoms with E-state index in [4.69, 9.17) is 5.11 Å². The Balaban J connectivity index is 1.89. The van der Waals surface area contributed by atoms with Crippen molar-refractivity contribution in [3.8, 4) is 0 Å². The molecule has 1 aromatic carbocycles. The van der Waals surface area contributed by atoms with Crippen LogP contribution in [-0.4, -0.2) is 36.8 Å². The molecule has 0 spiro atoms. The SMILES string of the molecule is O=C(O)c1cccc(CC[C@H]2CNCCN2)c1. The Morgan fingerprint density at radius 3 is 3.00 bits per heavy atom. The van der Waals surface area contributed by atoms with Gasteiger partial charge >= 0.3 is 5.97 Å². The number of carboxylic acid groups (broad SMARTS) is 1. The quantitative estimate of drug-likeness (QED) is 0.723. The van der Waals surface area contributed by atoms with Crippen molar-refractivity contribution >= 4 is 5.97 Å². The minimum Gasteiger partial charge on any atom is -0.478 e. The highest BCUT2D eigenvalue weighted by Gasteiger charge is 2.12. The monoisotopic (exact) mass is 234 g/mol. The Labute approximate surface area is 101 Å². The van der Waals surface area contributed by atoms with Crippen LogP contribution < -0.4 is 10.6 Å². The number of hydrogen-bond donors (Lipinski definition) is 3. The molecule has 1 aromatic rings. The number of rotatable bonds is 4. The summed E-state index contributed by atoms with van der Waals surface area (Å²) in [5.74, 6) is -0.857. The van der Waals surface area contributed by atoms with E-state index in [0.29, 0.717) is 11.6 Å². The van der Waals surface area contributed by atoms with E-state index in [1.165, 1.54) is 0 Å². The van der Waals surface area contributed by atoms with Gasteiger partial charge in [0.2, 0.25) is 0 Å². The summed E-state index contributed by atoms with van der Waals surface area (Å²) in [6, 6.07) is 7.69. The topological polar surface area (TPSA) is 61.4 Å². The first-order valence-corrected chi connectivity index (χ1v) is 6.02. The van der Waals surface area contributed by atoms with Crippen LogP contribution in [0.1, 0.15) is 22.3 Å². The van der Waals surface area contributed by atoms with Gasteiger partial charge in [-0.05, 0) is 30.5 Å². The number of benzene rings is 1. The summed E-state index contributed by atoms with van der Waals surface area (Å²) < 4.78 is 0. The highest BCUT2D eigenvalue weighted by atomic mass is 16.4. The van der Waals surface area contributed by atoms with Crippen molar-refractivity contribution in [1.82, 2.24) is 10.6 Å². The fraction of sp³-hybridized carbons (Fsp3) is 0.462. The second kappa shape index (κ2) is 5.80. The van der Waals surface area contributed by atoms with Gasteiger partial charge in [-0.2, -0.15) is 0 Å². The smallest absolute Gasteiger partial charge is 0.335 e. The molecule has 1 fully saturated rings. The first-order valence-electron chi connectivity index (χ1n) is 6.02. The zero-order valence-electron chi connectivity index (χ0n) is 9.78. The minimum absolute atomic E-state index is 0.372. The van der Waals surface area contributed by atoms with Crippen molar-refractivity contribution in [2.75, 3.05) is 19.6 Å². The molecule has 17 heavy (non-hydrogen) atoms. The number of aryl methyl sites for hydroxylation is 1. The lowest BCUT2D eigenvalue weighted by molar-refractivity contribution is 0.0697. The van der Waals surface area contributed by atoms with Gasteiger partial charge in [-0.1, -0.05) is 12.1 Å². The third-order valence-electron chi connectivity index (χ3n) is 3.08. The van der Waals surface area contributed by atoms with E-state index in [1.54, 1.807) is 12.1 Å². The fourth-order valence-electron chi connectivity index (χ4n) is 2.12. The van der Waals surface area contributed by atoms with E-state index in [9.17, 15) is 4.79 Å². The lowest BCUT2D eigenvalue weighted by Crippen LogP contribution is -2.48. The average molecular weight is 234 g/mol. The van der Waals surface area contributed by atoms with Gasteiger partial charge in [0.15, 0.2) is 0 Å². The van der Waals surface area contributed by atoms with Gasteiger partial charge in [0.1, 0.15) is 0 Å². The maximum absolute atomic E-state index is 10.8. The Bertz CT molecular complexity index is 387. The molecule has 2 rings (SSSR count). The predicted molar refractivity (Wildman–Crippen MR) is 66.4 cm³/mol. The molecule has 1 atom stereocenters. The maximum atomic E-state index is 10.8. The summed E-state index contributed by atoms with van der Waals surface area (Å²) in [7, 11) is 0. The number of piperazine rings is 1. The van der Waals surface area contributed by atoms with E-state index in [1.807, 2.05) is 12.1 Å². The van der Waals surface area contributed by atoms with Gasteiger partial charge in [0.05, 0.1) is 5.56 Å². The molecule has 0 amide bonds. The highest BCUT2D eigenvalue weighted by Crippen LogP contribution is 2.09. The predicted octanol–water partition coefficient (Wildman–Crippen LogP) is 0.879. The minimum atomic E-state index is -0.857. The molecule has 1 heterocycles. The summed E-state index contributed by atoms with van der Waals surface area (Å²) >= 11 is 0. The number of carbonyl (C=O) groups is 1. The van der Waals surface area contributed by atoms with Crippen molar-refractivity contribution in [1.29, 1.82) is 0 Å². The normalized spacial score (nSPS) is 20.1. The first-order chi connectivity index (χ1) is 8.25. The molecule has 0 radical (unpaired) electrons. The summed E-state index contributed by atoms with van der Waals surface area (Å²) in [5.41, 5.74) is 1.47. The molecule has 0 unspecified atom stereocenters. The second-order valence-corrected chi connectivity index (χ2v) is 4.40. The van der Waals surface area contributed by atoms with Crippen LogP contribution in [0.5, 0.6) is 0 Å². The van der Waals surface area contributed by atoms with Crippen molar-refractivity contribution in [2.24, 2.45) is 0 Å². The van der Waals surface area contributed by atoms with Crippen molar-refractivity contribution in [3.05, 3.63) is 35.4 Å². The first kappa shape index (κ1) is 12.1. The molecule has 92 valence electrons. The van der Waals surface area contributed by atoms with Gasteiger partial charge in [-0.3, -0.25) is 0 Å². The zero-order chi connectivity index (χ0) is 12.1. The molecule has 0 aliphatic carbocycles. The highest BCUT2D eigenvalue weighted by molar-refractivity contribution is 5.87. The molecule has 1 aliphatic rings. The summed E-state index contributed by atoms with van der Waals surface area (Å²) in [5, 5.41) is 15.7. The van der Waals surface area contributed by atoms with Crippen LogP contribution in [0.4, 0.5) is 0 Å². The van der Waals surface area contributed by atoms with E-state index in [0.717, 1.165) is 38.0 Å². The Morgan fingerprint density at radius 2 is 2.29 bits per heavy atom. The molecule has 4 nitrogen and oxygen atoms in total. The van der Waals surface area contributed by atoms with Crippen molar-refractivity contribution < 1.29 is 9.90 Å². The third-order valence-corrected chi connectivity index (χ3v) is 3.08. The van der Waals surface area contributed by atoms with Crippen LogP contribution in [0.2, 0.25) is 0 Å². The van der Waals surface area contributed by atoms with Gasteiger partial charge < -0.3 is 15.7 Å². The zero-order valence-corrected chi connectivity index (χ0v) is 9.78. The standard InChI is InChI=1S/C13H18N2O2/c16-13(17)11-3-1-2-10(8-11)4-5-12-9-14-6-7-15-12/h1-3,8,12,14-15H,4-7,9H2,(H,16,17)/t12-/m0/s1. The third kappa shape index (κ3) is 3.54. The molecule has 0 saturated carbocycles. The second-order valence-electron chi connectivity index (χ2n) is 4.40. The Morgan fingerprint density at radius 1 is 1.41 bits per heavy atom. The van der Waals surface area contributed by atoms with Gasteiger partial charge in [0.25, 0.3) is 0 Å². The van der Waals surface area contributed by atoms with Crippen LogP contribution in [0, 0.1) is 0 Å². The molecule has 0 bridgehead atoms. The summed E-state index contributed by atoms with van der Waals surface area (Å²) in [6.45, 7) is 3.05. The average Bonchev–Trinajstić information content (AvgIpc) is 2.38. The van der Waals surface area contributed by atoms with Crippen LogP contribution in [-0.2, 0) is 6.42 Å². The largest absolute Gasteiger partial charge is 0.478 e. The number of carboxylic acids is 1. The van der Waals surface area contributed by atoms with Crippen LogP contribution in [0.3, 0.4) is 0 Å². The molecular formula is C13H18N2O2. The number of hydrogen-bond acceptors (Lipinski definition) is 3. The lowest BCUT2D eigenvalue weighted by Gasteiger charge is -2.24. The Hall–Kier alpha value is -1.39. The van der Waals surface area contributed by atoms with Crippen LogP contribution >= 0.6 is 0 Å². The van der Waals surface area contributed by atoms with Crippen molar-refractivity contribution in [3.63, 3.8) is 0 Å². The molecule has 3 N–H and O–H groups in total. The fourth-order valence-corrected chi connectivity index (χ4v) is 2.12. The lowest BCUT2D eigenvalue weighted by atomic mass is 10.0. The van der Waals surface area contributed by atoms with E-state index < -0.39 is 5.97 Å². The van der Waals surface area contributed by atoms with Crippen LogP contribution in [0.15, 0.2) is 24.3 Å². The van der Waals surface area contributed by atoms with E-state index in [-0.39, 0.29) is 0 Å². The molecule has 0 aromatic heterocycles. The molecule has 1 aliphatic heterocycles. The van der Waals surface area contributed by atoms with Gasteiger partial charge in [-0.25, -0.2) is 4.79 Å². The van der Waals surface area contributed by atoms with Gasteiger partial charge in [-0.15, -0.1) is 0 Å². The number of aromatic carboxylic acids is 1. The Kier molecular flexibility index (Phi) is 4.12. The molecule has 4 heteroatoms. The van der Waals surface area contributed by atoms with E-state index in [2.05, 4.69) is 10.6 Å². The van der Waals surface area contributed by atoms with Crippen molar-refractivity contribution in [2.45, 2.75) is 18.9 Å².